The second-order valence-corrected chi connectivity index (χ2v) is 6.22. The number of carbonyl (C=O) groups excluding carboxylic acids is 2. The first-order valence-corrected chi connectivity index (χ1v) is 8.76. The number of amides is 1. The summed E-state index contributed by atoms with van der Waals surface area (Å²) < 4.78 is 0. The number of unbranched alkanes of at least 4 members (excludes halogenated alkanes) is 4. The van der Waals surface area contributed by atoms with Gasteiger partial charge >= 0.3 is 0 Å². The number of Topliss-reactive ketones (excluding diaryl/α,β-unsaturated/α-hetero) is 1. The number of rotatable bonds is 14. The Balaban J connectivity index is 4.27. The summed E-state index contributed by atoms with van der Waals surface area (Å²) in [5.41, 5.74) is 5.50. The molecule has 0 unspecified atom stereocenters. The normalized spacial score (nSPS) is 12.4. The fourth-order valence-electron chi connectivity index (χ4n) is 2.25. The van der Waals surface area contributed by atoms with Crippen LogP contribution in [0.2, 0.25) is 0 Å². The molecule has 0 aromatic carbocycles. The number of nitrogens with one attached hydrogen (secondary N) is 2. The van der Waals surface area contributed by atoms with E-state index in [0.29, 0.717) is 19.4 Å². The molecule has 0 aliphatic rings. The van der Waals surface area contributed by atoms with Gasteiger partial charge in [-0.1, -0.05) is 40.0 Å². The largest absolute Gasteiger partial charge is 0.345 e. The smallest absolute Gasteiger partial charge is 0.234 e. The van der Waals surface area contributed by atoms with Gasteiger partial charge in [-0.3, -0.25) is 9.59 Å². The summed E-state index contributed by atoms with van der Waals surface area (Å²) in [5, 5.41) is 5.95. The van der Waals surface area contributed by atoms with Crippen molar-refractivity contribution in [3.05, 3.63) is 0 Å². The lowest BCUT2D eigenvalue weighted by Crippen LogP contribution is -2.45. The second kappa shape index (κ2) is 13.7. The van der Waals surface area contributed by atoms with Crippen molar-refractivity contribution in [3.8, 4) is 0 Å². The van der Waals surface area contributed by atoms with E-state index >= 15 is 0 Å². The molecule has 0 saturated carbocycles. The Hall–Kier alpha value is -0.940. The van der Waals surface area contributed by atoms with Gasteiger partial charge in [-0.15, -0.1) is 0 Å². The van der Waals surface area contributed by atoms with E-state index in [0.717, 1.165) is 38.5 Å². The maximum Gasteiger partial charge on any atom is 0.234 e. The van der Waals surface area contributed by atoms with E-state index in [4.69, 9.17) is 5.73 Å². The highest BCUT2D eigenvalue weighted by Crippen LogP contribution is 2.09. The fraction of sp³-hybridized carbons (Fsp3) is 0.882. The molecule has 4 N–H and O–H groups in total. The molecule has 0 rings (SSSR count). The Morgan fingerprint density at radius 3 is 2.36 bits per heavy atom. The number of hydrogen-bond acceptors (Lipinski definition) is 4. The lowest BCUT2D eigenvalue weighted by Gasteiger charge is -2.18. The van der Waals surface area contributed by atoms with E-state index in [9.17, 15) is 9.59 Å². The van der Waals surface area contributed by atoms with Crippen LogP contribution in [-0.4, -0.2) is 36.9 Å². The van der Waals surface area contributed by atoms with Crippen LogP contribution < -0.4 is 16.4 Å². The van der Waals surface area contributed by atoms with Crippen molar-refractivity contribution >= 4 is 11.7 Å². The molecule has 0 heterocycles. The Labute approximate surface area is 135 Å². The average molecular weight is 313 g/mol. The van der Waals surface area contributed by atoms with Crippen molar-refractivity contribution in [2.75, 3.05) is 13.1 Å². The first kappa shape index (κ1) is 21.1. The standard InChI is InChI=1S/C17H35N3O2/c1-4-5-6-7-11-16(21)15(10-8-9-12-18)20-17(22)13-19-14(2)3/h14-15,19H,4-13,18H2,1-3H3,(H,20,22)/t15-/m0/s1. The summed E-state index contributed by atoms with van der Waals surface area (Å²) in [6.07, 6.45) is 7.34. The van der Waals surface area contributed by atoms with Gasteiger partial charge in [0, 0.05) is 12.5 Å². The van der Waals surface area contributed by atoms with Crippen molar-refractivity contribution in [2.24, 2.45) is 5.73 Å². The number of ketones is 1. The summed E-state index contributed by atoms with van der Waals surface area (Å²) in [7, 11) is 0. The van der Waals surface area contributed by atoms with Crippen LogP contribution in [0.15, 0.2) is 0 Å². The molecule has 0 aromatic heterocycles. The molecule has 0 aromatic rings. The zero-order valence-corrected chi connectivity index (χ0v) is 14.6. The molecule has 130 valence electrons. The van der Waals surface area contributed by atoms with Crippen molar-refractivity contribution in [1.82, 2.24) is 10.6 Å². The van der Waals surface area contributed by atoms with Crippen LogP contribution in [0.1, 0.15) is 72.1 Å². The van der Waals surface area contributed by atoms with E-state index in [2.05, 4.69) is 17.6 Å². The molecule has 0 aliphatic heterocycles. The number of hydrogen-bond donors (Lipinski definition) is 3. The molecule has 22 heavy (non-hydrogen) atoms. The second-order valence-electron chi connectivity index (χ2n) is 6.22. The summed E-state index contributed by atoms with van der Waals surface area (Å²) in [6, 6.07) is -0.0965. The Bertz CT molecular complexity index is 306. The number of nitrogens with two attached hydrogens (primary N) is 1. The molecule has 1 atom stereocenters. The molecule has 5 nitrogen and oxygen atoms in total. The Kier molecular flexibility index (Phi) is 13.1. The highest BCUT2D eigenvalue weighted by Gasteiger charge is 2.19. The van der Waals surface area contributed by atoms with Crippen molar-refractivity contribution in [2.45, 2.75) is 84.2 Å². The van der Waals surface area contributed by atoms with Crippen molar-refractivity contribution in [3.63, 3.8) is 0 Å². The highest BCUT2D eigenvalue weighted by molar-refractivity contribution is 5.89. The highest BCUT2D eigenvalue weighted by atomic mass is 16.2. The Morgan fingerprint density at radius 1 is 1.05 bits per heavy atom. The van der Waals surface area contributed by atoms with Crippen LogP contribution in [-0.2, 0) is 9.59 Å². The maximum atomic E-state index is 12.3. The molecule has 0 saturated heterocycles. The average Bonchev–Trinajstić information content (AvgIpc) is 2.48. The topological polar surface area (TPSA) is 84.2 Å². The van der Waals surface area contributed by atoms with Crippen LogP contribution >= 0.6 is 0 Å². The van der Waals surface area contributed by atoms with Gasteiger partial charge in [-0.05, 0) is 32.2 Å². The molecule has 0 fully saturated rings. The van der Waals surface area contributed by atoms with E-state index in [1.54, 1.807) is 0 Å². The predicted molar refractivity (Wildman–Crippen MR) is 91.7 cm³/mol. The molecule has 0 radical (unpaired) electrons. The van der Waals surface area contributed by atoms with Gasteiger partial charge in [0.05, 0.1) is 12.6 Å². The van der Waals surface area contributed by atoms with E-state index in [1.807, 2.05) is 13.8 Å². The van der Waals surface area contributed by atoms with Crippen LogP contribution in [0, 0.1) is 0 Å². The quantitative estimate of drug-likeness (QED) is 0.429. The van der Waals surface area contributed by atoms with Gasteiger partial charge in [-0.25, -0.2) is 0 Å². The van der Waals surface area contributed by atoms with Gasteiger partial charge in [0.1, 0.15) is 0 Å². The van der Waals surface area contributed by atoms with Crippen molar-refractivity contribution in [1.29, 1.82) is 0 Å². The minimum atomic E-state index is -0.352. The lowest BCUT2D eigenvalue weighted by atomic mass is 10.00. The molecule has 5 heteroatoms. The SMILES string of the molecule is CCCCCCC(=O)[C@H](CCCCN)NC(=O)CNC(C)C. The van der Waals surface area contributed by atoms with Gasteiger partial charge in [0.25, 0.3) is 0 Å². The summed E-state index contributed by atoms with van der Waals surface area (Å²) in [5.74, 6) is 0.0550. The third kappa shape index (κ3) is 11.7. The minimum Gasteiger partial charge on any atom is -0.345 e. The molecular weight excluding hydrogens is 278 g/mol. The summed E-state index contributed by atoms with van der Waals surface area (Å²) >= 11 is 0. The van der Waals surface area contributed by atoms with Crippen LogP contribution in [0.25, 0.3) is 0 Å². The lowest BCUT2D eigenvalue weighted by molar-refractivity contribution is -0.127. The van der Waals surface area contributed by atoms with E-state index < -0.39 is 0 Å². The maximum absolute atomic E-state index is 12.3. The third-order valence-electron chi connectivity index (χ3n) is 3.62. The van der Waals surface area contributed by atoms with Crippen LogP contribution in [0.4, 0.5) is 0 Å². The van der Waals surface area contributed by atoms with Crippen LogP contribution in [0.5, 0.6) is 0 Å². The third-order valence-corrected chi connectivity index (χ3v) is 3.62. The Morgan fingerprint density at radius 2 is 1.77 bits per heavy atom. The van der Waals surface area contributed by atoms with E-state index in [1.165, 1.54) is 0 Å². The molecule has 0 bridgehead atoms. The van der Waals surface area contributed by atoms with Gasteiger partial charge in [-0.2, -0.15) is 0 Å². The molecule has 0 aliphatic carbocycles. The van der Waals surface area contributed by atoms with Gasteiger partial charge in [0.15, 0.2) is 5.78 Å². The molecule has 1 amide bonds. The fourth-order valence-corrected chi connectivity index (χ4v) is 2.25. The first-order valence-electron chi connectivity index (χ1n) is 8.76. The van der Waals surface area contributed by atoms with E-state index in [-0.39, 0.29) is 30.3 Å². The van der Waals surface area contributed by atoms with Crippen molar-refractivity contribution < 1.29 is 9.59 Å². The summed E-state index contributed by atoms with van der Waals surface area (Å²) in [4.78, 5) is 24.2. The zero-order valence-electron chi connectivity index (χ0n) is 14.6. The summed E-state index contributed by atoms with van der Waals surface area (Å²) in [6.45, 7) is 7.02. The molecule has 0 spiro atoms. The zero-order chi connectivity index (χ0) is 16.8. The van der Waals surface area contributed by atoms with Gasteiger partial charge < -0.3 is 16.4 Å². The first-order chi connectivity index (χ1) is 10.5. The monoisotopic (exact) mass is 313 g/mol. The van der Waals surface area contributed by atoms with Crippen LogP contribution in [0.3, 0.4) is 0 Å². The van der Waals surface area contributed by atoms with Gasteiger partial charge in [0.2, 0.25) is 5.91 Å². The molecular formula is C17H35N3O2. The number of carbonyl (C=O) groups is 2. The predicted octanol–water partition coefficient (Wildman–Crippen LogP) is 2.14. The minimum absolute atomic E-state index is 0.103.